The molecule has 0 aliphatic carbocycles. The van der Waals surface area contributed by atoms with E-state index in [9.17, 15) is 14.7 Å². The van der Waals surface area contributed by atoms with Gasteiger partial charge in [-0.1, -0.05) is 6.92 Å². The van der Waals surface area contributed by atoms with Gasteiger partial charge >= 0.3 is 0 Å². The van der Waals surface area contributed by atoms with Gasteiger partial charge in [0, 0.05) is 57.2 Å². The Bertz CT molecular complexity index is 974. The van der Waals surface area contributed by atoms with E-state index >= 15 is 0 Å². The minimum atomic E-state index is -0.392. The second kappa shape index (κ2) is 7.06. The third-order valence-corrected chi connectivity index (χ3v) is 6.53. The van der Waals surface area contributed by atoms with Gasteiger partial charge < -0.3 is 24.2 Å². The SMILES string of the molecule is CCCC(=O)N1CC2(C1)CN(C(C)=O)[C@H](CO)c1c2c2ccc(OC)cc2n1C. The predicted molar refractivity (Wildman–Crippen MR) is 110 cm³/mol. The molecule has 0 saturated carbocycles. The number of hydrogen-bond acceptors (Lipinski definition) is 4. The van der Waals surface area contributed by atoms with Crippen molar-refractivity contribution < 1.29 is 19.4 Å². The number of fused-ring (bicyclic) bond motifs is 4. The molecule has 4 rings (SSSR count). The number of aliphatic hydroxyl groups excluding tert-OH is 1. The number of likely N-dealkylation sites (tertiary alicyclic amines) is 1. The third kappa shape index (κ3) is 2.82. The van der Waals surface area contributed by atoms with Crippen molar-refractivity contribution in [2.45, 2.75) is 38.1 Å². The van der Waals surface area contributed by atoms with Crippen molar-refractivity contribution in [1.29, 1.82) is 0 Å². The molecular formula is C22H29N3O4. The first kappa shape index (κ1) is 19.8. The van der Waals surface area contributed by atoms with Gasteiger partial charge in [-0.05, 0) is 24.1 Å². The van der Waals surface area contributed by atoms with Crippen molar-refractivity contribution in [2.24, 2.45) is 7.05 Å². The van der Waals surface area contributed by atoms with Crippen LogP contribution >= 0.6 is 0 Å². The van der Waals surface area contributed by atoms with Crippen molar-refractivity contribution >= 4 is 22.7 Å². The lowest BCUT2D eigenvalue weighted by molar-refractivity contribution is -0.144. The summed E-state index contributed by atoms with van der Waals surface area (Å²) in [6.07, 6.45) is 1.37. The highest BCUT2D eigenvalue weighted by Gasteiger charge is 2.54. The van der Waals surface area contributed by atoms with Crippen LogP contribution in [0.2, 0.25) is 0 Å². The van der Waals surface area contributed by atoms with E-state index in [1.54, 1.807) is 18.9 Å². The maximum Gasteiger partial charge on any atom is 0.222 e. The lowest BCUT2D eigenvalue weighted by atomic mass is 9.68. The molecule has 2 amide bonds. The molecule has 156 valence electrons. The smallest absolute Gasteiger partial charge is 0.222 e. The van der Waals surface area contributed by atoms with E-state index in [-0.39, 0.29) is 23.8 Å². The van der Waals surface area contributed by atoms with Crippen LogP contribution in [0.15, 0.2) is 18.2 Å². The highest BCUT2D eigenvalue weighted by atomic mass is 16.5. The second-order valence-electron chi connectivity index (χ2n) is 8.33. The number of amides is 2. The number of methoxy groups -OCH3 is 1. The Morgan fingerprint density at radius 3 is 2.59 bits per heavy atom. The van der Waals surface area contributed by atoms with E-state index in [4.69, 9.17) is 4.74 Å². The van der Waals surface area contributed by atoms with Crippen LogP contribution in [0.3, 0.4) is 0 Å². The van der Waals surface area contributed by atoms with E-state index in [1.807, 2.05) is 31.0 Å². The lowest BCUT2D eigenvalue weighted by Gasteiger charge is -2.56. The van der Waals surface area contributed by atoms with Crippen molar-refractivity contribution in [3.63, 3.8) is 0 Å². The van der Waals surface area contributed by atoms with Crippen molar-refractivity contribution in [1.82, 2.24) is 14.4 Å². The van der Waals surface area contributed by atoms with Gasteiger partial charge in [-0.2, -0.15) is 0 Å². The van der Waals surface area contributed by atoms with E-state index < -0.39 is 6.04 Å². The number of carbonyl (C=O) groups excluding carboxylic acids is 2. The second-order valence-corrected chi connectivity index (χ2v) is 8.33. The van der Waals surface area contributed by atoms with E-state index in [0.717, 1.165) is 34.3 Å². The Labute approximate surface area is 170 Å². The molecule has 1 atom stereocenters. The minimum Gasteiger partial charge on any atom is -0.497 e. The average molecular weight is 399 g/mol. The fraction of sp³-hybridized carbons (Fsp3) is 0.545. The summed E-state index contributed by atoms with van der Waals surface area (Å²) in [7, 11) is 3.61. The summed E-state index contributed by atoms with van der Waals surface area (Å²) in [5, 5.41) is 11.3. The van der Waals surface area contributed by atoms with E-state index in [0.29, 0.717) is 26.1 Å². The molecule has 1 N–H and O–H groups in total. The van der Waals surface area contributed by atoms with Gasteiger partial charge in [0.25, 0.3) is 0 Å². The number of rotatable bonds is 4. The fourth-order valence-corrected chi connectivity index (χ4v) is 5.18. The van der Waals surface area contributed by atoms with Crippen molar-refractivity contribution in [3.05, 3.63) is 29.5 Å². The van der Waals surface area contributed by atoms with Gasteiger partial charge in [0.15, 0.2) is 0 Å². The van der Waals surface area contributed by atoms with Crippen LogP contribution in [-0.4, -0.2) is 64.6 Å². The quantitative estimate of drug-likeness (QED) is 0.853. The Kier molecular flexibility index (Phi) is 4.81. The normalized spacial score (nSPS) is 20.0. The summed E-state index contributed by atoms with van der Waals surface area (Å²) in [6, 6.07) is 5.60. The number of benzene rings is 1. The summed E-state index contributed by atoms with van der Waals surface area (Å²) in [6.45, 7) is 5.14. The molecule has 0 bridgehead atoms. The standard InChI is InChI=1S/C22H29N3O4/c1-5-6-19(28)24-11-22(12-24)13-25(14(2)27)18(10-26)21-20(22)16-8-7-15(29-4)9-17(16)23(21)3/h7-9,18,26H,5-6,10-13H2,1-4H3/t18-/m1/s1. The highest BCUT2D eigenvalue weighted by Crippen LogP contribution is 2.49. The number of aliphatic hydroxyl groups is 1. The third-order valence-electron chi connectivity index (χ3n) is 6.53. The average Bonchev–Trinajstić information content (AvgIpc) is 2.97. The first-order valence-corrected chi connectivity index (χ1v) is 10.2. The first-order valence-electron chi connectivity index (χ1n) is 10.2. The number of aryl methyl sites for hydroxylation is 1. The molecule has 1 aromatic heterocycles. The Morgan fingerprint density at radius 2 is 2.00 bits per heavy atom. The van der Waals surface area contributed by atoms with Crippen molar-refractivity contribution in [3.8, 4) is 5.75 Å². The van der Waals surface area contributed by atoms with Crippen LogP contribution in [-0.2, 0) is 22.1 Å². The maximum atomic E-state index is 12.5. The number of hydrogen-bond donors (Lipinski definition) is 1. The van der Waals surface area contributed by atoms with E-state index in [1.165, 1.54) is 0 Å². The van der Waals surface area contributed by atoms with Crippen LogP contribution in [0.25, 0.3) is 10.9 Å². The molecule has 2 aromatic rings. The number of nitrogens with zero attached hydrogens (tertiary/aromatic N) is 3. The van der Waals surface area contributed by atoms with Crippen LogP contribution < -0.4 is 4.74 Å². The monoisotopic (exact) mass is 399 g/mol. The van der Waals surface area contributed by atoms with Crippen LogP contribution in [0.1, 0.15) is 44.0 Å². The molecule has 7 nitrogen and oxygen atoms in total. The Morgan fingerprint density at radius 1 is 1.28 bits per heavy atom. The van der Waals surface area contributed by atoms with Gasteiger partial charge in [-0.15, -0.1) is 0 Å². The van der Waals surface area contributed by atoms with Gasteiger partial charge in [-0.25, -0.2) is 0 Å². The van der Waals surface area contributed by atoms with Gasteiger partial charge in [0.1, 0.15) is 5.75 Å². The molecule has 7 heteroatoms. The summed E-state index contributed by atoms with van der Waals surface area (Å²) in [4.78, 5) is 28.6. The molecule has 1 aromatic carbocycles. The molecule has 3 heterocycles. The molecule has 2 aliphatic heterocycles. The molecule has 1 saturated heterocycles. The van der Waals surface area contributed by atoms with Crippen molar-refractivity contribution in [2.75, 3.05) is 33.4 Å². The summed E-state index contributed by atoms with van der Waals surface area (Å²) >= 11 is 0. The Balaban J connectivity index is 1.88. The molecule has 0 unspecified atom stereocenters. The van der Waals surface area contributed by atoms with Crippen LogP contribution in [0, 0.1) is 0 Å². The van der Waals surface area contributed by atoms with E-state index in [2.05, 4.69) is 10.6 Å². The number of carbonyl (C=O) groups is 2. The Hall–Kier alpha value is -2.54. The van der Waals surface area contributed by atoms with Crippen LogP contribution in [0.5, 0.6) is 5.75 Å². The zero-order valence-electron chi connectivity index (χ0n) is 17.6. The predicted octanol–water partition coefficient (Wildman–Crippen LogP) is 1.96. The number of ether oxygens (including phenoxy) is 1. The molecule has 2 aliphatic rings. The summed E-state index contributed by atoms with van der Waals surface area (Å²) in [5.74, 6) is 0.873. The zero-order valence-corrected chi connectivity index (χ0v) is 17.6. The molecule has 1 fully saturated rings. The molecule has 29 heavy (non-hydrogen) atoms. The summed E-state index contributed by atoms with van der Waals surface area (Å²) < 4.78 is 7.48. The lowest BCUT2D eigenvalue weighted by Crippen LogP contribution is -2.68. The van der Waals surface area contributed by atoms with Gasteiger partial charge in [0.05, 0.1) is 30.7 Å². The first-order chi connectivity index (χ1) is 13.9. The fourth-order valence-electron chi connectivity index (χ4n) is 5.18. The van der Waals surface area contributed by atoms with Gasteiger partial charge in [0.2, 0.25) is 11.8 Å². The molecular weight excluding hydrogens is 370 g/mol. The van der Waals surface area contributed by atoms with Gasteiger partial charge in [-0.3, -0.25) is 9.59 Å². The number of aromatic nitrogens is 1. The highest BCUT2D eigenvalue weighted by molar-refractivity contribution is 5.90. The zero-order chi connectivity index (χ0) is 20.9. The largest absolute Gasteiger partial charge is 0.497 e. The van der Waals surface area contributed by atoms with Crippen LogP contribution in [0.4, 0.5) is 0 Å². The summed E-state index contributed by atoms with van der Waals surface area (Å²) in [5.41, 5.74) is 2.83. The topological polar surface area (TPSA) is 75.0 Å². The maximum absolute atomic E-state index is 12.5. The molecule has 0 radical (unpaired) electrons. The molecule has 1 spiro atoms. The minimum absolute atomic E-state index is 0.0600.